The number of nitrogens with zero attached hydrogens (tertiary/aromatic N) is 4. The van der Waals surface area contributed by atoms with E-state index in [1.807, 2.05) is 17.0 Å². The van der Waals surface area contributed by atoms with Crippen LogP contribution in [0.3, 0.4) is 0 Å². The molecule has 1 fully saturated rings. The van der Waals surface area contributed by atoms with Crippen LogP contribution in [0, 0.1) is 0 Å². The highest BCUT2D eigenvalue weighted by Crippen LogP contribution is 2.20. The SMILES string of the molecule is COc1cncc(-c2nccc(NCCN3CCCC3=O)n2)c1. The maximum Gasteiger partial charge on any atom is 0.222 e. The fourth-order valence-electron chi connectivity index (χ4n) is 2.51. The van der Waals surface area contributed by atoms with Gasteiger partial charge in [0.05, 0.1) is 13.3 Å². The van der Waals surface area contributed by atoms with E-state index >= 15 is 0 Å². The second kappa shape index (κ2) is 7.04. The lowest BCUT2D eigenvalue weighted by Gasteiger charge is -2.16. The molecule has 1 aliphatic rings. The maximum absolute atomic E-state index is 11.6. The molecular weight excluding hydrogens is 294 g/mol. The van der Waals surface area contributed by atoms with Crippen LogP contribution in [-0.2, 0) is 4.79 Å². The van der Waals surface area contributed by atoms with Crippen molar-refractivity contribution < 1.29 is 9.53 Å². The molecule has 0 aromatic carbocycles. The smallest absolute Gasteiger partial charge is 0.222 e. The summed E-state index contributed by atoms with van der Waals surface area (Å²) in [5, 5.41) is 3.23. The van der Waals surface area contributed by atoms with E-state index in [-0.39, 0.29) is 5.91 Å². The summed E-state index contributed by atoms with van der Waals surface area (Å²) in [6.07, 6.45) is 6.66. The molecule has 1 N–H and O–H groups in total. The van der Waals surface area contributed by atoms with Crippen molar-refractivity contribution in [3.05, 3.63) is 30.7 Å². The largest absolute Gasteiger partial charge is 0.495 e. The molecule has 0 spiro atoms. The van der Waals surface area contributed by atoms with Crippen LogP contribution in [0.5, 0.6) is 5.75 Å². The van der Waals surface area contributed by atoms with Gasteiger partial charge in [0.1, 0.15) is 11.6 Å². The van der Waals surface area contributed by atoms with Crippen LogP contribution in [-0.4, -0.2) is 52.5 Å². The maximum atomic E-state index is 11.6. The van der Waals surface area contributed by atoms with E-state index < -0.39 is 0 Å². The number of nitrogens with one attached hydrogen (secondary N) is 1. The van der Waals surface area contributed by atoms with Crippen molar-refractivity contribution in [1.82, 2.24) is 19.9 Å². The Hall–Kier alpha value is -2.70. The molecule has 3 heterocycles. The third-order valence-corrected chi connectivity index (χ3v) is 3.72. The minimum Gasteiger partial charge on any atom is -0.495 e. The molecule has 1 aliphatic heterocycles. The van der Waals surface area contributed by atoms with E-state index in [1.54, 1.807) is 25.7 Å². The first-order chi connectivity index (χ1) is 11.3. The number of pyridine rings is 1. The number of aromatic nitrogens is 3. The zero-order valence-corrected chi connectivity index (χ0v) is 13.0. The molecule has 0 bridgehead atoms. The van der Waals surface area contributed by atoms with Crippen molar-refractivity contribution in [2.45, 2.75) is 12.8 Å². The minimum absolute atomic E-state index is 0.234. The van der Waals surface area contributed by atoms with Crippen LogP contribution in [0.4, 0.5) is 5.82 Å². The number of hydrogen-bond donors (Lipinski definition) is 1. The third kappa shape index (κ3) is 3.74. The van der Waals surface area contributed by atoms with Gasteiger partial charge in [-0.3, -0.25) is 9.78 Å². The summed E-state index contributed by atoms with van der Waals surface area (Å²) >= 11 is 0. The topological polar surface area (TPSA) is 80.2 Å². The van der Waals surface area contributed by atoms with Gasteiger partial charge in [-0.15, -0.1) is 0 Å². The number of hydrogen-bond acceptors (Lipinski definition) is 6. The Kier molecular flexibility index (Phi) is 4.65. The van der Waals surface area contributed by atoms with Gasteiger partial charge in [-0.2, -0.15) is 0 Å². The van der Waals surface area contributed by atoms with Gasteiger partial charge >= 0.3 is 0 Å². The summed E-state index contributed by atoms with van der Waals surface area (Å²) in [4.78, 5) is 26.3. The highest BCUT2D eigenvalue weighted by molar-refractivity contribution is 5.78. The molecule has 2 aromatic rings. The quantitative estimate of drug-likeness (QED) is 0.872. The first kappa shape index (κ1) is 15.2. The molecule has 0 radical (unpaired) electrons. The van der Waals surface area contributed by atoms with Gasteiger partial charge < -0.3 is 15.0 Å². The molecular formula is C16H19N5O2. The van der Waals surface area contributed by atoms with Crippen LogP contribution >= 0.6 is 0 Å². The lowest BCUT2D eigenvalue weighted by molar-refractivity contribution is -0.127. The second-order valence-corrected chi connectivity index (χ2v) is 5.29. The van der Waals surface area contributed by atoms with Crippen molar-refractivity contribution in [2.24, 2.45) is 0 Å². The van der Waals surface area contributed by atoms with Crippen LogP contribution in [0.1, 0.15) is 12.8 Å². The average Bonchev–Trinajstić information content (AvgIpc) is 3.00. The second-order valence-electron chi connectivity index (χ2n) is 5.29. The number of carbonyl (C=O) groups excluding carboxylic acids is 1. The average molecular weight is 313 g/mol. The lowest BCUT2D eigenvalue weighted by atomic mass is 10.2. The van der Waals surface area contributed by atoms with Crippen LogP contribution in [0.25, 0.3) is 11.4 Å². The molecule has 3 rings (SSSR count). The Morgan fingerprint density at radius 1 is 1.39 bits per heavy atom. The molecule has 0 unspecified atom stereocenters. The van der Waals surface area contributed by atoms with Gasteiger partial charge in [0.25, 0.3) is 0 Å². The summed E-state index contributed by atoms with van der Waals surface area (Å²) in [6, 6.07) is 3.65. The van der Waals surface area contributed by atoms with Crippen LogP contribution < -0.4 is 10.1 Å². The van der Waals surface area contributed by atoms with Crippen molar-refractivity contribution in [3.8, 4) is 17.1 Å². The highest BCUT2D eigenvalue weighted by atomic mass is 16.5. The highest BCUT2D eigenvalue weighted by Gasteiger charge is 2.19. The lowest BCUT2D eigenvalue weighted by Crippen LogP contribution is -2.30. The molecule has 2 aromatic heterocycles. The number of anilines is 1. The number of methoxy groups -OCH3 is 1. The zero-order chi connectivity index (χ0) is 16.1. The Morgan fingerprint density at radius 3 is 3.09 bits per heavy atom. The Balaban J connectivity index is 1.64. The van der Waals surface area contributed by atoms with Crippen molar-refractivity contribution >= 4 is 11.7 Å². The van der Waals surface area contributed by atoms with Gasteiger partial charge in [-0.25, -0.2) is 9.97 Å². The molecule has 0 saturated carbocycles. The summed E-state index contributed by atoms with van der Waals surface area (Å²) in [5.74, 6) is 2.21. The number of ether oxygens (including phenoxy) is 1. The van der Waals surface area contributed by atoms with Gasteiger partial charge in [0.2, 0.25) is 5.91 Å². The minimum atomic E-state index is 0.234. The fourth-order valence-corrected chi connectivity index (χ4v) is 2.51. The van der Waals surface area contributed by atoms with Crippen LogP contribution in [0.2, 0.25) is 0 Å². The van der Waals surface area contributed by atoms with E-state index in [9.17, 15) is 4.79 Å². The normalized spacial score (nSPS) is 14.1. The van der Waals surface area contributed by atoms with E-state index in [0.29, 0.717) is 31.1 Å². The summed E-state index contributed by atoms with van der Waals surface area (Å²) in [6.45, 7) is 2.21. The molecule has 1 amide bonds. The number of likely N-dealkylation sites (tertiary alicyclic amines) is 1. The van der Waals surface area contributed by atoms with Crippen molar-refractivity contribution in [2.75, 3.05) is 32.1 Å². The summed E-state index contributed by atoms with van der Waals surface area (Å²) in [7, 11) is 1.60. The standard InChI is InChI=1S/C16H19N5O2/c1-23-13-9-12(10-17-11-13)16-19-5-4-14(20-16)18-6-8-21-7-2-3-15(21)22/h4-5,9-11H,2-3,6-8H2,1H3,(H,18,19,20). The van der Waals surface area contributed by atoms with Gasteiger partial charge in [-0.1, -0.05) is 0 Å². The molecule has 120 valence electrons. The number of carbonyl (C=O) groups is 1. The number of rotatable bonds is 6. The molecule has 1 saturated heterocycles. The Bertz CT molecular complexity index is 692. The van der Waals surface area contributed by atoms with Crippen LogP contribution in [0.15, 0.2) is 30.7 Å². The first-order valence-electron chi connectivity index (χ1n) is 7.60. The fraction of sp³-hybridized carbons (Fsp3) is 0.375. The van der Waals surface area contributed by atoms with E-state index in [2.05, 4.69) is 20.3 Å². The van der Waals surface area contributed by atoms with Gasteiger partial charge in [0.15, 0.2) is 5.82 Å². The summed E-state index contributed by atoms with van der Waals surface area (Å²) in [5.41, 5.74) is 0.794. The molecule has 7 nitrogen and oxygen atoms in total. The van der Waals surface area contributed by atoms with Gasteiger partial charge in [-0.05, 0) is 18.6 Å². The van der Waals surface area contributed by atoms with Crippen molar-refractivity contribution in [1.29, 1.82) is 0 Å². The Labute approximate surface area is 134 Å². The molecule has 23 heavy (non-hydrogen) atoms. The zero-order valence-electron chi connectivity index (χ0n) is 13.0. The first-order valence-corrected chi connectivity index (χ1v) is 7.60. The molecule has 0 atom stereocenters. The molecule has 7 heteroatoms. The van der Waals surface area contributed by atoms with E-state index in [0.717, 1.165) is 24.3 Å². The summed E-state index contributed by atoms with van der Waals surface area (Å²) < 4.78 is 5.17. The predicted molar refractivity (Wildman–Crippen MR) is 86.1 cm³/mol. The van der Waals surface area contributed by atoms with E-state index in [1.165, 1.54) is 0 Å². The van der Waals surface area contributed by atoms with Crippen molar-refractivity contribution in [3.63, 3.8) is 0 Å². The molecule has 0 aliphatic carbocycles. The van der Waals surface area contributed by atoms with E-state index in [4.69, 9.17) is 4.74 Å². The number of amides is 1. The van der Waals surface area contributed by atoms with Gasteiger partial charge in [0, 0.05) is 44.0 Å². The monoisotopic (exact) mass is 313 g/mol. The predicted octanol–water partition coefficient (Wildman–Crippen LogP) is 1.58. The Morgan fingerprint density at radius 2 is 2.30 bits per heavy atom. The third-order valence-electron chi connectivity index (χ3n) is 3.72.